The topological polar surface area (TPSA) is 69.9 Å². The molecule has 0 saturated carbocycles. The highest BCUT2D eigenvalue weighted by atomic mass is 16.5. The molecule has 0 aliphatic heterocycles. The average Bonchev–Trinajstić information content (AvgIpc) is 2.54. The number of carbonyl (C=O) groups excluding carboxylic acids is 1. The second kappa shape index (κ2) is 5.23. The van der Waals surface area contributed by atoms with Gasteiger partial charge in [-0.2, -0.15) is 0 Å². The Morgan fingerprint density at radius 2 is 2.46 bits per heavy atom. The van der Waals surface area contributed by atoms with Crippen molar-refractivity contribution in [2.45, 2.75) is 26.3 Å². The summed E-state index contributed by atoms with van der Waals surface area (Å²) in [7, 11) is 0. The van der Waals surface area contributed by atoms with Crippen LogP contribution in [0.15, 0.2) is 0 Å². The number of nitrogens with zero attached hydrogens (tertiary/aromatic N) is 4. The number of hydrogen-bond donors (Lipinski definition) is 0. The van der Waals surface area contributed by atoms with E-state index in [4.69, 9.17) is 0 Å². The molecule has 0 saturated heterocycles. The van der Waals surface area contributed by atoms with Gasteiger partial charge in [0.25, 0.3) is 0 Å². The van der Waals surface area contributed by atoms with Crippen molar-refractivity contribution < 1.29 is 9.53 Å². The van der Waals surface area contributed by atoms with E-state index in [1.165, 1.54) is 6.47 Å². The predicted molar refractivity (Wildman–Crippen MR) is 43.5 cm³/mol. The Balaban J connectivity index is 2.44. The Labute approximate surface area is 75.9 Å². The third kappa shape index (κ3) is 2.81. The SMILES string of the molecule is CCCn1nnnc1CCO[C]=O. The summed E-state index contributed by atoms with van der Waals surface area (Å²) in [4.78, 5) is 9.74. The summed E-state index contributed by atoms with van der Waals surface area (Å²) < 4.78 is 6.13. The van der Waals surface area contributed by atoms with Gasteiger partial charge in [0.2, 0.25) is 0 Å². The van der Waals surface area contributed by atoms with Crippen LogP contribution in [0, 0.1) is 0 Å². The minimum absolute atomic E-state index is 0.271. The smallest absolute Gasteiger partial charge is 0.417 e. The maximum atomic E-state index is 9.74. The maximum Gasteiger partial charge on any atom is 0.417 e. The molecule has 0 atom stereocenters. The van der Waals surface area contributed by atoms with Gasteiger partial charge in [-0.3, -0.25) is 0 Å². The lowest BCUT2D eigenvalue weighted by atomic mass is 10.4. The fraction of sp³-hybridized carbons (Fsp3) is 0.714. The quantitative estimate of drug-likeness (QED) is 0.567. The summed E-state index contributed by atoms with van der Waals surface area (Å²) in [5, 5.41) is 11.1. The molecular formula is C7H11N4O2. The summed E-state index contributed by atoms with van der Waals surface area (Å²) in [6, 6.07) is 0. The lowest BCUT2D eigenvalue weighted by molar-refractivity contribution is 0.277. The lowest BCUT2D eigenvalue weighted by Gasteiger charge is -2.00. The zero-order chi connectivity index (χ0) is 9.52. The molecule has 0 bridgehead atoms. The maximum absolute atomic E-state index is 9.74. The highest BCUT2D eigenvalue weighted by Gasteiger charge is 2.04. The minimum atomic E-state index is 0.271. The Bertz CT molecular complexity index is 261. The van der Waals surface area contributed by atoms with E-state index in [0.29, 0.717) is 6.42 Å². The molecular weight excluding hydrogens is 172 g/mol. The average molecular weight is 183 g/mol. The predicted octanol–water partition coefficient (Wildman–Crippen LogP) is -0.291. The third-order valence-electron chi connectivity index (χ3n) is 1.53. The fourth-order valence-corrected chi connectivity index (χ4v) is 0.972. The van der Waals surface area contributed by atoms with Crippen LogP contribution < -0.4 is 0 Å². The van der Waals surface area contributed by atoms with Gasteiger partial charge >= 0.3 is 6.47 Å². The molecule has 1 aromatic rings. The summed E-state index contributed by atoms with van der Waals surface area (Å²) >= 11 is 0. The molecule has 71 valence electrons. The molecule has 0 fully saturated rings. The van der Waals surface area contributed by atoms with Crippen molar-refractivity contribution in [3.8, 4) is 0 Å². The molecule has 0 N–H and O–H groups in total. The van der Waals surface area contributed by atoms with Crippen molar-refractivity contribution in [3.63, 3.8) is 0 Å². The number of hydrogen-bond acceptors (Lipinski definition) is 5. The standard InChI is InChI=1S/C7H11N4O2/c1-2-4-11-7(8-9-10-11)3-5-13-6-12/h2-5H2,1H3. The normalized spacial score (nSPS) is 9.92. The van der Waals surface area contributed by atoms with Crippen LogP contribution in [-0.2, 0) is 22.5 Å². The highest BCUT2D eigenvalue weighted by Crippen LogP contribution is 1.95. The van der Waals surface area contributed by atoms with E-state index in [-0.39, 0.29) is 6.61 Å². The van der Waals surface area contributed by atoms with E-state index in [9.17, 15) is 4.79 Å². The summed E-state index contributed by atoms with van der Waals surface area (Å²) in [5.41, 5.74) is 0. The number of aryl methyl sites for hydroxylation is 1. The first-order chi connectivity index (χ1) is 6.38. The van der Waals surface area contributed by atoms with Gasteiger partial charge in [-0.25, -0.2) is 9.48 Å². The van der Waals surface area contributed by atoms with Crippen molar-refractivity contribution in [2.24, 2.45) is 0 Å². The third-order valence-corrected chi connectivity index (χ3v) is 1.53. The Morgan fingerprint density at radius 1 is 1.62 bits per heavy atom. The summed E-state index contributed by atoms with van der Waals surface area (Å²) in [5.74, 6) is 0.733. The monoisotopic (exact) mass is 183 g/mol. The Morgan fingerprint density at radius 3 is 3.15 bits per heavy atom. The van der Waals surface area contributed by atoms with Crippen molar-refractivity contribution in [2.75, 3.05) is 6.61 Å². The second-order valence-corrected chi connectivity index (χ2v) is 2.50. The molecule has 1 rings (SSSR count). The molecule has 0 amide bonds. The molecule has 6 heteroatoms. The van der Waals surface area contributed by atoms with Gasteiger partial charge in [-0.05, 0) is 16.8 Å². The Kier molecular flexibility index (Phi) is 3.87. The molecule has 0 aliphatic rings. The minimum Gasteiger partial charge on any atom is -0.457 e. The molecule has 1 heterocycles. The first-order valence-electron chi connectivity index (χ1n) is 4.12. The van der Waals surface area contributed by atoms with Crippen molar-refractivity contribution in [1.82, 2.24) is 20.2 Å². The van der Waals surface area contributed by atoms with E-state index in [2.05, 4.69) is 20.3 Å². The number of ether oxygens (including phenoxy) is 1. The number of aromatic nitrogens is 4. The van der Waals surface area contributed by atoms with E-state index in [1.807, 2.05) is 6.92 Å². The van der Waals surface area contributed by atoms with Gasteiger partial charge in [-0.1, -0.05) is 6.92 Å². The largest absolute Gasteiger partial charge is 0.457 e. The van der Waals surface area contributed by atoms with Crippen molar-refractivity contribution in [3.05, 3.63) is 5.82 Å². The van der Waals surface area contributed by atoms with Gasteiger partial charge in [-0.15, -0.1) is 5.10 Å². The van der Waals surface area contributed by atoms with Crippen molar-refractivity contribution >= 4 is 6.47 Å². The van der Waals surface area contributed by atoms with E-state index < -0.39 is 0 Å². The Hall–Kier alpha value is -1.46. The number of tetrazole rings is 1. The lowest BCUT2D eigenvalue weighted by Crippen LogP contribution is -2.08. The van der Waals surface area contributed by atoms with Crippen LogP contribution in [0.2, 0.25) is 0 Å². The zero-order valence-electron chi connectivity index (χ0n) is 7.43. The molecule has 6 nitrogen and oxygen atoms in total. The van der Waals surface area contributed by atoms with Crippen LogP contribution in [0.25, 0.3) is 0 Å². The first-order valence-corrected chi connectivity index (χ1v) is 4.12. The molecule has 1 aromatic heterocycles. The second-order valence-electron chi connectivity index (χ2n) is 2.50. The molecule has 0 unspecified atom stereocenters. The van der Waals surface area contributed by atoms with Crippen LogP contribution in [-0.4, -0.2) is 33.3 Å². The highest BCUT2D eigenvalue weighted by molar-refractivity contribution is 5.38. The van der Waals surface area contributed by atoms with Crippen LogP contribution in [0.5, 0.6) is 0 Å². The first kappa shape index (κ1) is 9.63. The molecule has 0 aliphatic carbocycles. The molecule has 13 heavy (non-hydrogen) atoms. The summed E-state index contributed by atoms with van der Waals surface area (Å²) in [6.45, 7) is 4.45. The zero-order valence-corrected chi connectivity index (χ0v) is 7.43. The van der Waals surface area contributed by atoms with E-state index in [1.54, 1.807) is 4.68 Å². The van der Waals surface area contributed by atoms with Gasteiger partial charge in [0.05, 0.1) is 6.61 Å². The van der Waals surface area contributed by atoms with E-state index >= 15 is 0 Å². The van der Waals surface area contributed by atoms with Gasteiger partial charge in [0, 0.05) is 13.0 Å². The van der Waals surface area contributed by atoms with E-state index in [0.717, 1.165) is 18.8 Å². The summed E-state index contributed by atoms with van der Waals surface area (Å²) in [6.07, 6.45) is 1.50. The molecule has 0 aromatic carbocycles. The molecule has 1 radical (unpaired) electrons. The van der Waals surface area contributed by atoms with Gasteiger partial charge < -0.3 is 4.74 Å². The van der Waals surface area contributed by atoms with Crippen LogP contribution in [0.3, 0.4) is 0 Å². The number of rotatable bonds is 6. The van der Waals surface area contributed by atoms with Gasteiger partial charge in [0.1, 0.15) is 0 Å². The van der Waals surface area contributed by atoms with Crippen LogP contribution >= 0.6 is 0 Å². The van der Waals surface area contributed by atoms with Crippen LogP contribution in [0.1, 0.15) is 19.2 Å². The van der Waals surface area contributed by atoms with Gasteiger partial charge in [0.15, 0.2) is 5.82 Å². The van der Waals surface area contributed by atoms with Crippen LogP contribution in [0.4, 0.5) is 0 Å². The fourth-order valence-electron chi connectivity index (χ4n) is 0.972. The molecule has 0 spiro atoms. The van der Waals surface area contributed by atoms with Crippen molar-refractivity contribution in [1.29, 1.82) is 0 Å².